The number of hydrogen-bond donors (Lipinski definition) is 0. The highest BCUT2D eigenvalue weighted by Gasteiger charge is 2.40. The van der Waals surface area contributed by atoms with Gasteiger partial charge in [0, 0.05) is 22.5 Å². The van der Waals surface area contributed by atoms with E-state index in [4.69, 9.17) is 0 Å². The molecule has 0 amide bonds. The van der Waals surface area contributed by atoms with Crippen molar-refractivity contribution in [3.05, 3.63) is 138 Å². The number of hydrogen-bond acceptors (Lipinski definition) is 1. The van der Waals surface area contributed by atoms with Crippen LogP contribution in [0, 0.1) is 11.8 Å². The van der Waals surface area contributed by atoms with Gasteiger partial charge < -0.3 is 4.90 Å². The molecule has 0 radical (unpaired) electrons. The zero-order chi connectivity index (χ0) is 27.6. The fraction of sp³-hybridized carbons (Fsp3) is 0.250. The van der Waals surface area contributed by atoms with Crippen LogP contribution < -0.4 is 4.90 Å². The van der Waals surface area contributed by atoms with Crippen LogP contribution in [-0.4, -0.2) is 0 Å². The van der Waals surface area contributed by atoms with Gasteiger partial charge in [0.05, 0.1) is 0 Å². The molecule has 5 aromatic rings. The average molecular weight is 532 g/mol. The van der Waals surface area contributed by atoms with Crippen molar-refractivity contribution in [1.29, 1.82) is 0 Å². The van der Waals surface area contributed by atoms with E-state index >= 15 is 0 Å². The SMILES string of the molecule is CC1(C)c2ccccc2-c2ccc(N(c3ccc(-c4ccccc4)cc3)c3ccc(C4CC5CCC4C5)cc3)cc21. The molecule has 2 bridgehead atoms. The predicted molar refractivity (Wildman–Crippen MR) is 172 cm³/mol. The zero-order valence-electron chi connectivity index (χ0n) is 24.1. The molecule has 41 heavy (non-hydrogen) atoms. The summed E-state index contributed by atoms with van der Waals surface area (Å²) in [5.74, 6) is 2.61. The van der Waals surface area contributed by atoms with Gasteiger partial charge in [-0.15, -0.1) is 0 Å². The number of rotatable bonds is 5. The lowest BCUT2D eigenvalue weighted by Crippen LogP contribution is -2.16. The summed E-state index contributed by atoms with van der Waals surface area (Å²) in [4.78, 5) is 2.44. The quantitative estimate of drug-likeness (QED) is 0.218. The summed E-state index contributed by atoms with van der Waals surface area (Å²) in [5.41, 5.74) is 13.2. The molecule has 0 spiro atoms. The molecule has 1 heteroatoms. The summed E-state index contributed by atoms with van der Waals surface area (Å²) in [6, 6.07) is 45.3. The summed E-state index contributed by atoms with van der Waals surface area (Å²) in [6.45, 7) is 4.73. The van der Waals surface area contributed by atoms with Crippen molar-refractivity contribution in [2.75, 3.05) is 4.90 Å². The average Bonchev–Trinajstić information content (AvgIpc) is 3.72. The maximum absolute atomic E-state index is 2.44. The van der Waals surface area contributed by atoms with Crippen LogP contribution in [0.25, 0.3) is 22.3 Å². The van der Waals surface area contributed by atoms with Crippen LogP contribution in [-0.2, 0) is 5.41 Å². The summed E-state index contributed by atoms with van der Waals surface area (Å²) in [5, 5.41) is 0. The fourth-order valence-electron chi connectivity index (χ4n) is 8.24. The van der Waals surface area contributed by atoms with Gasteiger partial charge in [0.1, 0.15) is 0 Å². The van der Waals surface area contributed by atoms with Gasteiger partial charge in [-0.3, -0.25) is 0 Å². The van der Waals surface area contributed by atoms with Crippen LogP contribution in [0.3, 0.4) is 0 Å². The van der Waals surface area contributed by atoms with Crippen molar-refractivity contribution in [3.8, 4) is 22.3 Å². The number of nitrogens with zero attached hydrogens (tertiary/aromatic N) is 1. The summed E-state index contributed by atoms with van der Waals surface area (Å²) in [7, 11) is 0. The highest BCUT2D eigenvalue weighted by Crippen LogP contribution is 2.53. The molecule has 3 atom stereocenters. The van der Waals surface area contributed by atoms with Gasteiger partial charge in [0.2, 0.25) is 0 Å². The highest BCUT2D eigenvalue weighted by atomic mass is 15.1. The van der Waals surface area contributed by atoms with Gasteiger partial charge in [0.25, 0.3) is 0 Å². The molecule has 3 aliphatic carbocycles. The minimum atomic E-state index is -0.0313. The van der Waals surface area contributed by atoms with Gasteiger partial charge in [-0.25, -0.2) is 0 Å². The smallest absolute Gasteiger partial charge is 0.0465 e. The van der Waals surface area contributed by atoms with Crippen molar-refractivity contribution < 1.29 is 0 Å². The van der Waals surface area contributed by atoms with E-state index in [-0.39, 0.29) is 5.41 Å². The molecule has 3 unspecified atom stereocenters. The molecule has 0 N–H and O–H groups in total. The van der Waals surface area contributed by atoms with E-state index in [0.29, 0.717) is 0 Å². The molecule has 0 aliphatic heterocycles. The molecule has 3 aliphatic rings. The third-order valence-corrected chi connectivity index (χ3v) is 10.4. The Labute approximate surface area is 244 Å². The van der Waals surface area contributed by atoms with E-state index in [1.54, 1.807) is 0 Å². The lowest BCUT2D eigenvalue weighted by atomic mass is 9.82. The highest BCUT2D eigenvalue weighted by molar-refractivity contribution is 5.86. The molecule has 2 fully saturated rings. The van der Waals surface area contributed by atoms with E-state index < -0.39 is 0 Å². The second kappa shape index (κ2) is 9.48. The Morgan fingerprint density at radius 1 is 0.561 bits per heavy atom. The number of benzene rings is 5. The first-order chi connectivity index (χ1) is 20.1. The molecule has 202 valence electrons. The fourth-order valence-corrected chi connectivity index (χ4v) is 8.24. The topological polar surface area (TPSA) is 3.24 Å². The van der Waals surface area contributed by atoms with Crippen LogP contribution >= 0.6 is 0 Å². The zero-order valence-corrected chi connectivity index (χ0v) is 24.1. The van der Waals surface area contributed by atoms with E-state index in [2.05, 4.69) is 140 Å². The van der Waals surface area contributed by atoms with Crippen LogP contribution in [0.4, 0.5) is 17.1 Å². The third kappa shape index (κ3) is 4.05. The van der Waals surface area contributed by atoms with Crippen LogP contribution in [0.2, 0.25) is 0 Å². The minimum absolute atomic E-state index is 0.0313. The van der Waals surface area contributed by atoms with Crippen molar-refractivity contribution in [2.24, 2.45) is 11.8 Å². The minimum Gasteiger partial charge on any atom is -0.310 e. The van der Waals surface area contributed by atoms with Crippen molar-refractivity contribution in [1.82, 2.24) is 0 Å². The Morgan fingerprint density at radius 3 is 1.90 bits per heavy atom. The standard InChI is InChI=1S/C40H37N/c1-40(2)38-11-7-6-10-35(38)36-23-22-34(26-39(36)40)41(32-18-14-29(15-19-32)28-8-4-3-5-9-28)33-20-16-30(17-21-33)37-25-27-12-13-31(37)24-27/h3-11,14-23,26-27,31,37H,12-13,24-25H2,1-2H3. The van der Waals surface area contributed by atoms with E-state index in [1.165, 1.54) is 81.7 Å². The van der Waals surface area contributed by atoms with Gasteiger partial charge in [0.15, 0.2) is 0 Å². The van der Waals surface area contributed by atoms with Gasteiger partial charge in [-0.05, 0) is 112 Å². The maximum Gasteiger partial charge on any atom is 0.0465 e. The first-order valence-electron chi connectivity index (χ1n) is 15.4. The van der Waals surface area contributed by atoms with Crippen LogP contribution in [0.5, 0.6) is 0 Å². The Morgan fingerprint density at radius 2 is 1.20 bits per heavy atom. The lowest BCUT2D eigenvalue weighted by Gasteiger charge is -2.29. The van der Waals surface area contributed by atoms with Crippen LogP contribution in [0.1, 0.15) is 62.1 Å². The first kappa shape index (κ1) is 24.7. The van der Waals surface area contributed by atoms with Gasteiger partial charge in [-0.1, -0.05) is 105 Å². The largest absolute Gasteiger partial charge is 0.310 e. The Hall–Kier alpha value is -4.10. The number of fused-ring (bicyclic) bond motifs is 5. The Balaban J connectivity index is 1.21. The van der Waals surface area contributed by atoms with Gasteiger partial charge >= 0.3 is 0 Å². The molecule has 0 aromatic heterocycles. The summed E-state index contributed by atoms with van der Waals surface area (Å²) < 4.78 is 0. The second-order valence-corrected chi connectivity index (χ2v) is 13.0. The first-order valence-corrected chi connectivity index (χ1v) is 15.4. The molecule has 0 heterocycles. The molecule has 1 nitrogen and oxygen atoms in total. The van der Waals surface area contributed by atoms with E-state index in [0.717, 1.165) is 17.8 Å². The molecular weight excluding hydrogens is 494 g/mol. The Kier molecular flexibility index (Phi) is 5.71. The summed E-state index contributed by atoms with van der Waals surface area (Å²) in [6.07, 6.45) is 5.70. The normalized spacial score (nSPS) is 21.5. The van der Waals surface area contributed by atoms with Crippen molar-refractivity contribution in [3.63, 3.8) is 0 Å². The molecule has 0 saturated heterocycles. The number of anilines is 3. The molecule has 8 rings (SSSR count). The summed E-state index contributed by atoms with van der Waals surface area (Å²) >= 11 is 0. The maximum atomic E-state index is 2.44. The van der Waals surface area contributed by atoms with Crippen LogP contribution in [0.15, 0.2) is 121 Å². The predicted octanol–water partition coefficient (Wildman–Crippen LogP) is 11.0. The molecule has 2 saturated carbocycles. The van der Waals surface area contributed by atoms with E-state index in [1.807, 2.05) is 0 Å². The lowest BCUT2D eigenvalue weighted by molar-refractivity contribution is 0.420. The molecular formula is C40H37N. The third-order valence-electron chi connectivity index (χ3n) is 10.4. The molecule has 5 aromatic carbocycles. The monoisotopic (exact) mass is 531 g/mol. The van der Waals surface area contributed by atoms with E-state index in [9.17, 15) is 0 Å². The van der Waals surface area contributed by atoms with Crippen molar-refractivity contribution in [2.45, 2.75) is 50.9 Å². The second-order valence-electron chi connectivity index (χ2n) is 13.0. The van der Waals surface area contributed by atoms with Gasteiger partial charge in [-0.2, -0.15) is 0 Å². The Bertz CT molecular complexity index is 1710. The van der Waals surface area contributed by atoms with Crippen molar-refractivity contribution >= 4 is 17.1 Å².